The van der Waals surface area contributed by atoms with E-state index in [1.807, 2.05) is 36.6 Å². The maximum absolute atomic E-state index is 11.8. The summed E-state index contributed by atoms with van der Waals surface area (Å²) in [6.45, 7) is 2.24. The van der Waals surface area contributed by atoms with Crippen molar-refractivity contribution in [3.8, 4) is 11.4 Å². The minimum absolute atomic E-state index is 0.157. The highest BCUT2D eigenvalue weighted by atomic mass is 127. The third-order valence-corrected chi connectivity index (χ3v) is 3.82. The predicted molar refractivity (Wildman–Crippen MR) is 75.2 cm³/mol. The van der Waals surface area contributed by atoms with Crippen LogP contribution in [-0.2, 0) is 18.4 Å². The van der Waals surface area contributed by atoms with Gasteiger partial charge in [0.25, 0.3) is 5.56 Å². The Bertz CT molecular complexity index is 632. The molecule has 2 heterocycles. The lowest BCUT2D eigenvalue weighted by atomic mass is 10.2. The molecule has 18 heavy (non-hydrogen) atoms. The zero-order valence-corrected chi connectivity index (χ0v) is 12.5. The van der Waals surface area contributed by atoms with Gasteiger partial charge in [0.05, 0.1) is 24.1 Å². The standard InChI is InChI=1S/C11H13IN4O2/c1-6-7(4-13-16(6)2)10-14-8(5-18-3)9(12)11(17)15-10/h4H,5H2,1-3H3,(H,14,15,17). The highest BCUT2D eigenvalue weighted by molar-refractivity contribution is 14.1. The first-order chi connectivity index (χ1) is 8.54. The molecule has 0 unspecified atom stereocenters. The lowest BCUT2D eigenvalue weighted by Crippen LogP contribution is -2.17. The Morgan fingerprint density at radius 1 is 1.56 bits per heavy atom. The van der Waals surface area contributed by atoms with Gasteiger partial charge in [-0.05, 0) is 29.5 Å². The number of rotatable bonds is 3. The first-order valence-corrected chi connectivity index (χ1v) is 6.39. The van der Waals surface area contributed by atoms with Crippen molar-refractivity contribution in [1.82, 2.24) is 19.7 Å². The maximum atomic E-state index is 11.8. The van der Waals surface area contributed by atoms with Crippen LogP contribution in [0.4, 0.5) is 0 Å². The average molecular weight is 360 g/mol. The normalized spacial score (nSPS) is 10.9. The van der Waals surface area contributed by atoms with Gasteiger partial charge in [-0.3, -0.25) is 9.48 Å². The number of methoxy groups -OCH3 is 1. The van der Waals surface area contributed by atoms with Crippen molar-refractivity contribution >= 4 is 22.6 Å². The fourth-order valence-corrected chi connectivity index (χ4v) is 2.01. The van der Waals surface area contributed by atoms with Gasteiger partial charge in [-0.25, -0.2) is 4.98 Å². The number of aryl methyl sites for hydroxylation is 1. The summed E-state index contributed by atoms with van der Waals surface area (Å²) in [5.41, 5.74) is 2.25. The van der Waals surface area contributed by atoms with Gasteiger partial charge in [0.15, 0.2) is 0 Å². The Labute approximate surface area is 118 Å². The molecule has 0 atom stereocenters. The molecule has 7 heteroatoms. The van der Waals surface area contributed by atoms with E-state index in [1.54, 1.807) is 18.0 Å². The quantitative estimate of drug-likeness (QED) is 0.836. The number of nitrogens with zero attached hydrogens (tertiary/aromatic N) is 3. The second kappa shape index (κ2) is 5.19. The molecule has 2 rings (SSSR count). The molecular weight excluding hydrogens is 347 g/mol. The molecule has 0 aromatic carbocycles. The van der Waals surface area contributed by atoms with E-state index < -0.39 is 0 Å². The van der Waals surface area contributed by atoms with E-state index in [9.17, 15) is 4.79 Å². The summed E-state index contributed by atoms with van der Waals surface area (Å²) < 4.78 is 7.34. The number of nitrogens with one attached hydrogen (secondary N) is 1. The highest BCUT2D eigenvalue weighted by Crippen LogP contribution is 2.19. The van der Waals surface area contributed by atoms with Crippen LogP contribution in [-0.4, -0.2) is 26.9 Å². The molecule has 0 radical (unpaired) electrons. The van der Waals surface area contributed by atoms with E-state index in [4.69, 9.17) is 4.74 Å². The van der Waals surface area contributed by atoms with Crippen molar-refractivity contribution in [3.05, 3.63) is 31.5 Å². The summed E-state index contributed by atoms with van der Waals surface area (Å²) >= 11 is 1.97. The largest absolute Gasteiger partial charge is 0.378 e. The summed E-state index contributed by atoms with van der Waals surface area (Å²) in [5, 5.41) is 4.14. The Morgan fingerprint density at radius 3 is 2.83 bits per heavy atom. The van der Waals surface area contributed by atoms with Crippen LogP contribution < -0.4 is 5.56 Å². The fourth-order valence-electron chi connectivity index (χ4n) is 1.60. The van der Waals surface area contributed by atoms with Crippen LogP contribution in [0.2, 0.25) is 0 Å². The van der Waals surface area contributed by atoms with Gasteiger partial charge in [0.1, 0.15) is 9.39 Å². The average Bonchev–Trinajstić information content (AvgIpc) is 2.66. The molecule has 0 aliphatic rings. The number of ether oxygens (including phenoxy) is 1. The first kappa shape index (κ1) is 13.2. The lowest BCUT2D eigenvalue weighted by molar-refractivity contribution is 0.180. The third kappa shape index (κ3) is 2.32. The first-order valence-electron chi connectivity index (χ1n) is 5.31. The van der Waals surface area contributed by atoms with Crippen LogP contribution in [0.5, 0.6) is 0 Å². The van der Waals surface area contributed by atoms with Crippen molar-refractivity contribution in [2.45, 2.75) is 13.5 Å². The minimum atomic E-state index is -0.157. The number of hydrogen-bond acceptors (Lipinski definition) is 4. The van der Waals surface area contributed by atoms with Crippen LogP contribution in [0, 0.1) is 10.5 Å². The van der Waals surface area contributed by atoms with Gasteiger partial charge >= 0.3 is 0 Å². The van der Waals surface area contributed by atoms with E-state index in [0.29, 0.717) is 21.7 Å². The Kier molecular flexibility index (Phi) is 3.81. The van der Waals surface area contributed by atoms with Crippen LogP contribution in [0.25, 0.3) is 11.4 Å². The summed E-state index contributed by atoms with van der Waals surface area (Å²) in [5.74, 6) is 0.526. The van der Waals surface area contributed by atoms with Crippen molar-refractivity contribution in [1.29, 1.82) is 0 Å². The molecule has 96 valence electrons. The zero-order chi connectivity index (χ0) is 13.3. The molecule has 0 aliphatic heterocycles. The molecule has 0 amide bonds. The maximum Gasteiger partial charge on any atom is 0.264 e. The Morgan fingerprint density at radius 2 is 2.28 bits per heavy atom. The number of hydrogen-bond donors (Lipinski definition) is 1. The smallest absolute Gasteiger partial charge is 0.264 e. The molecule has 0 spiro atoms. The van der Waals surface area contributed by atoms with Crippen LogP contribution in [0.15, 0.2) is 11.0 Å². The van der Waals surface area contributed by atoms with Gasteiger partial charge in [0, 0.05) is 19.9 Å². The summed E-state index contributed by atoms with van der Waals surface area (Å²) in [4.78, 5) is 19.0. The summed E-state index contributed by atoms with van der Waals surface area (Å²) in [6.07, 6.45) is 1.69. The van der Waals surface area contributed by atoms with E-state index in [0.717, 1.165) is 11.3 Å². The van der Waals surface area contributed by atoms with Gasteiger partial charge < -0.3 is 9.72 Å². The van der Waals surface area contributed by atoms with Crippen molar-refractivity contribution in [2.75, 3.05) is 7.11 Å². The second-order valence-electron chi connectivity index (χ2n) is 3.88. The van der Waals surface area contributed by atoms with Gasteiger partial charge in [-0.15, -0.1) is 0 Å². The minimum Gasteiger partial charge on any atom is -0.378 e. The Hall–Kier alpha value is -1.22. The summed E-state index contributed by atoms with van der Waals surface area (Å²) in [6, 6.07) is 0. The van der Waals surface area contributed by atoms with Crippen LogP contribution in [0.3, 0.4) is 0 Å². The Balaban J connectivity index is 2.59. The molecular formula is C11H13IN4O2. The molecule has 2 aromatic heterocycles. The number of halogens is 1. The van der Waals surface area contributed by atoms with Gasteiger partial charge in [-0.1, -0.05) is 0 Å². The number of H-pyrrole nitrogens is 1. The molecule has 0 saturated carbocycles. The third-order valence-electron chi connectivity index (χ3n) is 2.70. The predicted octanol–water partition coefficient (Wildman–Crippen LogP) is 1.23. The molecule has 0 aliphatic carbocycles. The lowest BCUT2D eigenvalue weighted by Gasteiger charge is -2.05. The monoisotopic (exact) mass is 360 g/mol. The molecule has 2 aromatic rings. The SMILES string of the molecule is COCc1nc(-c2cnn(C)c2C)[nH]c(=O)c1I. The van der Waals surface area contributed by atoms with E-state index in [1.165, 1.54) is 0 Å². The number of aromatic amines is 1. The van der Waals surface area contributed by atoms with E-state index in [-0.39, 0.29) is 5.56 Å². The fraction of sp³-hybridized carbons (Fsp3) is 0.364. The van der Waals surface area contributed by atoms with Crippen molar-refractivity contribution in [3.63, 3.8) is 0 Å². The molecule has 0 fully saturated rings. The molecule has 0 saturated heterocycles. The second-order valence-corrected chi connectivity index (χ2v) is 4.95. The molecule has 0 bridgehead atoms. The van der Waals surface area contributed by atoms with E-state index >= 15 is 0 Å². The molecule has 6 nitrogen and oxygen atoms in total. The van der Waals surface area contributed by atoms with Crippen molar-refractivity contribution < 1.29 is 4.74 Å². The summed E-state index contributed by atoms with van der Waals surface area (Å²) in [7, 11) is 3.42. The highest BCUT2D eigenvalue weighted by Gasteiger charge is 2.13. The van der Waals surface area contributed by atoms with Crippen LogP contribution in [0.1, 0.15) is 11.4 Å². The van der Waals surface area contributed by atoms with Crippen LogP contribution >= 0.6 is 22.6 Å². The number of aromatic nitrogens is 4. The molecule has 1 N–H and O–H groups in total. The van der Waals surface area contributed by atoms with Crippen molar-refractivity contribution in [2.24, 2.45) is 7.05 Å². The van der Waals surface area contributed by atoms with Gasteiger partial charge in [-0.2, -0.15) is 5.10 Å². The topological polar surface area (TPSA) is 72.8 Å². The van der Waals surface area contributed by atoms with E-state index in [2.05, 4.69) is 15.1 Å². The van der Waals surface area contributed by atoms with Gasteiger partial charge in [0.2, 0.25) is 0 Å². The zero-order valence-electron chi connectivity index (χ0n) is 10.3.